The highest BCUT2D eigenvalue weighted by Gasteiger charge is 2.29. The number of carbonyl (C=O) groups is 1. The molecule has 2 N–H and O–H groups in total. The molecule has 1 aliphatic rings. The minimum absolute atomic E-state index is 0.0102. The lowest BCUT2D eigenvalue weighted by Gasteiger charge is -2.25. The van der Waals surface area contributed by atoms with E-state index in [4.69, 9.17) is 4.74 Å². The number of rotatable bonds is 6. The van der Waals surface area contributed by atoms with Crippen LogP contribution in [0.3, 0.4) is 0 Å². The second-order valence-electron chi connectivity index (χ2n) is 6.48. The topological polar surface area (TPSA) is 66.0 Å². The predicted octanol–water partition coefficient (Wildman–Crippen LogP) is 0.835. The SMILES string of the molecule is CC(C)CNC(=NCC(=O)N(C)C)NCC1(C)CCCO1. The van der Waals surface area contributed by atoms with E-state index in [-0.39, 0.29) is 18.1 Å². The van der Waals surface area contributed by atoms with Crippen molar-refractivity contribution in [3.05, 3.63) is 0 Å². The van der Waals surface area contributed by atoms with Gasteiger partial charge in [-0.25, -0.2) is 4.99 Å². The standard InChI is InChI=1S/C15H30N4O2/c1-12(2)9-16-14(17-10-13(20)19(4)5)18-11-15(3)7-6-8-21-15/h12H,6-11H2,1-5H3,(H2,16,17,18). The Balaban J connectivity index is 2.54. The van der Waals surface area contributed by atoms with Crippen LogP contribution in [0.1, 0.15) is 33.6 Å². The van der Waals surface area contributed by atoms with Crippen molar-refractivity contribution < 1.29 is 9.53 Å². The number of likely N-dealkylation sites (N-methyl/N-ethyl adjacent to an activating group) is 1. The molecule has 0 aliphatic carbocycles. The van der Waals surface area contributed by atoms with Crippen molar-refractivity contribution in [2.45, 2.75) is 39.2 Å². The third kappa shape index (κ3) is 6.80. The molecule has 1 atom stereocenters. The molecule has 21 heavy (non-hydrogen) atoms. The van der Waals surface area contributed by atoms with Gasteiger partial charge in [0.2, 0.25) is 5.91 Å². The number of aliphatic imine (C=N–C) groups is 1. The van der Waals surface area contributed by atoms with Gasteiger partial charge in [0, 0.05) is 33.8 Å². The Morgan fingerprint density at radius 2 is 2.10 bits per heavy atom. The van der Waals surface area contributed by atoms with E-state index >= 15 is 0 Å². The smallest absolute Gasteiger partial charge is 0.243 e. The molecule has 1 unspecified atom stereocenters. The first-order valence-corrected chi connectivity index (χ1v) is 7.69. The summed E-state index contributed by atoms with van der Waals surface area (Å²) < 4.78 is 5.76. The maximum atomic E-state index is 11.6. The Hall–Kier alpha value is -1.30. The van der Waals surface area contributed by atoms with Gasteiger partial charge in [0.25, 0.3) is 0 Å². The number of carbonyl (C=O) groups excluding carboxylic acids is 1. The fraction of sp³-hybridized carbons (Fsp3) is 0.867. The lowest BCUT2D eigenvalue weighted by molar-refractivity contribution is -0.127. The highest BCUT2D eigenvalue weighted by Crippen LogP contribution is 2.23. The van der Waals surface area contributed by atoms with E-state index in [1.54, 1.807) is 19.0 Å². The van der Waals surface area contributed by atoms with Gasteiger partial charge < -0.3 is 20.3 Å². The van der Waals surface area contributed by atoms with Gasteiger partial charge in [-0.05, 0) is 25.7 Å². The van der Waals surface area contributed by atoms with Gasteiger partial charge in [-0.3, -0.25) is 4.79 Å². The Morgan fingerprint density at radius 1 is 1.38 bits per heavy atom. The summed E-state index contributed by atoms with van der Waals surface area (Å²) in [7, 11) is 3.47. The molecule has 1 aliphatic heterocycles. The number of ether oxygens (including phenoxy) is 1. The summed E-state index contributed by atoms with van der Waals surface area (Å²) in [6.45, 7) is 8.87. The minimum atomic E-state index is -0.133. The molecule has 0 radical (unpaired) electrons. The summed E-state index contributed by atoms with van der Waals surface area (Å²) in [4.78, 5) is 17.6. The van der Waals surface area contributed by atoms with Crippen molar-refractivity contribution in [2.75, 3.05) is 40.3 Å². The van der Waals surface area contributed by atoms with Crippen molar-refractivity contribution in [1.29, 1.82) is 0 Å². The van der Waals surface area contributed by atoms with Gasteiger partial charge >= 0.3 is 0 Å². The molecule has 0 aromatic carbocycles. The van der Waals surface area contributed by atoms with Gasteiger partial charge in [-0.2, -0.15) is 0 Å². The molecule has 6 nitrogen and oxygen atoms in total. The molecule has 0 saturated carbocycles. The van der Waals surface area contributed by atoms with Crippen molar-refractivity contribution in [3.8, 4) is 0 Å². The van der Waals surface area contributed by atoms with E-state index < -0.39 is 0 Å². The third-order valence-corrected chi connectivity index (χ3v) is 3.48. The second-order valence-corrected chi connectivity index (χ2v) is 6.48. The highest BCUT2D eigenvalue weighted by atomic mass is 16.5. The van der Waals surface area contributed by atoms with Crippen LogP contribution in [-0.4, -0.2) is 62.7 Å². The Morgan fingerprint density at radius 3 is 2.62 bits per heavy atom. The van der Waals surface area contributed by atoms with Gasteiger partial charge in [0.15, 0.2) is 5.96 Å². The van der Waals surface area contributed by atoms with Crippen molar-refractivity contribution in [2.24, 2.45) is 10.9 Å². The largest absolute Gasteiger partial charge is 0.373 e. The van der Waals surface area contributed by atoms with Gasteiger partial charge in [0.05, 0.1) is 5.60 Å². The van der Waals surface area contributed by atoms with E-state index in [9.17, 15) is 4.79 Å². The summed E-state index contributed by atoms with van der Waals surface area (Å²) in [5.74, 6) is 1.18. The van der Waals surface area contributed by atoms with Gasteiger partial charge in [0.1, 0.15) is 6.54 Å². The van der Waals surface area contributed by atoms with Crippen molar-refractivity contribution in [1.82, 2.24) is 15.5 Å². The molecule has 122 valence electrons. The van der Waals surface area contributed by atoms with Crippen LogP contribution in [0, 0.1) is 5.92 Å². The number of hydrogen-bond donors (Lipinski definition) is 2. The Kier molecular flexibility index (Phi) is 6.95. The van der Waals surface area contributed by atoms with Crippen LogP contribution in [0.15, 0.2) is 4.99 Å². The van der Waals surface area contributed by atoms with Crippen molar-refractivity contribution in [3.63, 3.8) is 0 Å². The normalized spacial score (nSPS) is 22.5. The maximum Gasteiger partial charge on any atom is 0.243 e. The van der Waals surface area contributed by atoms with E-state index in [2.05, 4.69) is 36.4 Å². The summed E-state index contributed by atoms with van der Waals surface area (Å²) in [5, 5.41) is 6.56. The van der Waals surface area contributed by atoms with Crippen LogP contribution in [0.5, 0.6) is 0 Å². The third-order valence-electron chi connectivity index (χ3n) is 3.48. The lowest BCUT2D eigenvalue weighted by Crippen LogP contribution is -2.46. The van der Waals surface area contributed by atoms with Crippen LogP contribution in [-0.2, 0) is 9.53 Å². The monoisotopic (exact) mass is 298 g/mol. The molecular weight excluding hydrogens is 268 g/mol. The molecule has 0 spiro atoms. The summed E-state index contributed by atoms with van der Waals surface area (Å²) in [5.41, 5.74) is -0.133. The average molecular weight is 298 g/mol. The highest BCUT2D eigenvalue weighted by molar-refractivity contribution is 5.84. The first-order valence-electron chi connectivity index (χ1n) is 7.69. The zero-order valence-electron chi connectivity index (χ0n) is 14.0. The molecule has 1 saturated heterocycles. The van der Waals surface area contributed by atoms with Crippen LogP contribution in [0.25, 0.3) is 0 Å². The molecule has 1 amide bonds. The fourth-order valence-corrected chi connectivity index (χ4v) is 2.01. The summed E-state index contributed by atoms with van der Waals surface area (Å²) in [6.07, 6.45) is 2.15. The number of hydrogen-bond acceptors (Lipinski definition) is 3. The number of amides is 1. The molecule has 0 aromatic heterocycles. The van der Waals surface area contributed by atoms with Crippen molar-refractivity contribution >= 4 is 11.9 Å². The Bertz CT molecular complexity index is 361. The molecule has 6 heteroatoms. The Labute approximate surface area is 128 Å². The number of nitrogens with one attached hydrogen (secondary N) is 2. The second kappa shape index (κ2) is 8.22. The van der Waals surface area contributed by atoms with E-state index in [1.165, 1.54) is 0 Å². The molecule has 0 bridgehead atoms. The number of nitrogens with zero attached hydrogens (tertiary/aromatic N) is 2. The molecule has 1 heterocycles. The van der Waals surface area contributed by atoms with Gasteiger partial charge in [-0.15, -0.1) is 0 Å². The molecule has 1 fully saturated rings. The molecule has 0 aromatic rings. The van der Waals surface area contributed by atoms with E-state index in [1.807, 2.05) is 0 Å². The zero-order valence-corrected chi connectivity index (χ0v) is 14.0. The predicted molar refractivity (Wildman–Crippen MR) is 85.4 cm³/mol. The fourth-order valence-electron chi connectivity index (χ4n) is 2.01. The summed E-state index contributed by atoms with van der Waals surface area (Å²) >= 11 is 0. The average Bonchev–Trinajstić information content (AvgIpc) is 2.84. The molecule has 1 rings (SSSR count). The van der Waals surface area contributed by atoms with Gasteiger partial charge in [-0.1, -0.05) is 13.8 Å². The van der Waals surface area contributed by atoms with E-state index in [0.29, 0.717) is 18.4 Å². The van der Waals surface area contributed by atoms with Crippen LogP contribution >= 0.6 is 0 Å². The lowest BCUT2D eigenvalue weighted by atomic mass is 10.0. The molecular formula is C15H30N4O2. The van der Waals surface area contributed by atoms with E-state index in [0.717, 1.165) is 26.0 Å². The van der Waals surface area contributed by atoms with Crippen LogP contribution in [0.4, 0.5) is 0 Å². The number of guanidine groups is 1. The maximum absolute atomic E-state index is 11.6. The quantitative estimate of drug-likeness (QED) is 0.563. The first kappa shape index (κ1) is 17.8. The first-order chi connectivity index (χ1) is 9.82. The minimum Gasteiger partial charge on any atom is -0.373 e. The zero-order chi connectivity index (χ0) is 15.9. The summed E-state index contributed by atoms with van der Waals surface area (Å²) in [6, 6.07) is 0. The van der Waals surface area contributed by atoms with Crippen LogP contribution < -0.4 is 10.6 Å². The van der Waals surface area contributed by atoms with Crippen LogP contribution in [0.2, 0.25) is 0 Å².